The molecule has 0 saturated carbocycles. The molecule has 1 aromatic carbocycles. The minimum Gasteiger partial charge on any atom is -0.465 e. The number of anilines is 1. The maximum Gasteiger partial charge on any atom is 0.321 e. The molecule has 0 bridgehead atoms. The molecule has 0 aliphatic carbocycles. The minimum absolute atomic E-state index is 0.190. The van der Waals surface area contributed by atoms with Gasteiger partial charge in [-0.3, -0.25) is 13.9 Å². The number of para-hydroxylation sites is 1. The fourth-order valence-electron chi connectivity index (χ4n) is 1.89. The van der Waals surface area contributed by atoms with Gasteiger partial charge < -0.3 is 9.47 Å². The summed E-state index contributed by atoms with van der Waals surface area (Å²) < 4.78 is 17.6. The minimum atomic E-state index is -0.595. The van der Waals surface area contributed by atoms with E-state index in [4.69, 9.17) is 13.8 Å². The van der Waals surface area contributed by atoms with Crippen molar-refractivity contribution < 1.29 is 23.3 Å². The SMILES string of the molecule is CCOC(=O)[C@H](Br)CN(C[C@H](Br)C(=O)OCC)OSN(C)c1ccccc1. The van der Waals surface area contributed by atoms with Crippen molar-refractivity contribution in [2.45, 2.75) is 23.5 Å². The van der Waals surface area contributed by atoms with Crippen LogP contribution in [0.3, 0.4) is 0 Å². The molecular weight excluding hydrogens is 504 g/mol. The maximum atomic E-state index is 11.9. The summed E-state index contributed by atoms with van der Waals surface area (Å²) in [6.45, 7) is 4.44. The molecule has 0 saturated heterocycles. The predicted molar refractivity (Wildman–Crippen MR) is 114 cm³/mol. The van der Waals surface area contributed by atoms with E-state index in [1.807, 2.05) is 41.7 Å². The zero-order valence-corrected chi connectivity index (χ0v) is 19.5. The van der Waals surface area contributed by atoms with Crippen LogP contribution in [0, 0.1) is 0 Å². The Balaban J connectivity index is 2.71. The molecule has 0 aromatic heterocycles. The number of hydrogen-bond donors (Lipinski definition) is 0. The van der Waals surface area contributed by atoms with Crippen LogP contribution in [0.25, 0.3) is 0 Å². The summed E-state index contributed by atoms with van der Waals surface area (Å²) in [5.74, 6) is -0.787. The molecule has 0 radical (unpaired) electrons. The predicted octanol–water partition coefficient (Wildman–Crippen LogP) is 3.57. The summed E-state index contributed by atoms with van der Waals surface area (Å²) in [5.41, 5.74) is 0.948. The number of carbonyl (C=O) groups excluding carboxylic acids is 2. The monoisotopic (exact) mass is 526 g/mol. The molecule has 0 aliphatic heterocycles. The van der Waals surface area contributed by atoms with Crippen molar-refractivity contribution in [1.82, 2.24) is 5.06 Å². The summed E-state index contributed by atoms with van der Waals surface area (Å²) in [7, 11) is 1.85. The number of halogens is 2. The lowest BCUT2D eigenvalue weighted by atomic mass is 10.3. The number of hydrogen-bond acceptors (Lipinski definition) is 8. The molecule has 152 valence electrons. The lowest BCUT2D eigenvalue weighted by Crippen LogP contribution is -2.39. The van der Waals surface area contributed by atoms with Crippen molar-refractivity contribution in [3.8, 4) is 0 Å². The quantitative estimate of drug-likeness (QED) is 0.134. The molecule has 0 spiro atoms. The lowest BCUT2D eigenvalue weighted by Gasteiger charge is -2.26. The van der Waals surface area contributed by atoms with Crippen LogP contribution in [0.15, 0.2) is 30.3 Å². The summed E-state index contributed by atoms with van der Waals surface area (Å²) in [4.78, 5) is 22.6. The van der Waals surface area contributed by atoms with Gasteiger partial charge in [-0.05, 0) is 26.0 Å². The Morgan fingerprint density at radius 2 is 1.48 bits per heavy atom. The first-order valence-corrected chi connectivity index (χ1v) is 10.9. The van der Waals surface area contributed by atoms with Crippen LogP contribution >= 0.6 is 44.1 Å². The second kappa shape index (κ2) is 13.4. The number of hydroxylamine groups is 2. The number of esters is 2. The number of alkyl halides is 2. The smallest absolute Gasteiger partial charge is 0.321 e. The summed E-state index contributed by atoms with van der Waals surface area (Å²) in [6.07, 6.45) is 0. The molecule has 0 fully saturated rings. The number of benzene rings is 1. The average molecular weight is 528 g/mol. The van der Waals surface area contributed by atoms with Gasteiger partial charge in [0.05, 0.1) is 13.2 Å². The largest absolute Gasteiger partial charge is 0.465 e. The van der Waals surface area contributed by atoms with Crippen LogP contribution in [-0.4, -0.2) is 60.0 Å². The van der Waals surface area contributed by atoms with Crippen LogP contribution in [0.5, 0.6) is 0 Å². The van der Waals surface area contributed by atoms with E-state index in [2.05, 4.69) is 31.9 Å². The number of ether oxygens (including phenoxy) is 2. The topological polar surface area (TPSA) is 68.3 Å². The summed E-state index contributed by atoms with van der Waals surface area (Å²) >= 11 is 7.69. The molecule has 1 aromatic rings. The highest BCUT2D eigenvalue weighted by Crippen LogP contribution is 2.23. The molecule has 0 N–H and O–H groups in total. The molecule has 0 aliphatic rings. The fourth-order valence-corrected chi connectivity index (χ4v) is 3.32. The molecule has 0 unspecified atom stereocenters. The third kappa shape index (κ3) is 9.29. The molecule has 7 nitrogen and oxygen atoms in total. The van der Waals surface area contributed by atoms with Gasteiger partial charge in [-0.1, -0.05) is 50.1 Å². The van der Waals surface area contributed by atoms with Crippen LogP contribution < -0.4 is 4.31 Å². The van der Waals surface area contributed by atoms with E-state index >= 15 is 0 Å². The normalized spacial score (nSPS) is 13.1. The Morgan fingerprint density at radius 3 is 1.93 bits per heavy atom. The second-order valence-electron chi connectivity index (χ2n) is 5.27. The van der Waals surface area contributed by atoms with Gasteiger partial charge in [0, 0.05) is 25.8 Å². The second-order valence-corrected chi connectivity index (χ2v) is 8.32. The van der Waals surface area contributed by atoms with Crippen molar-refractivity contribution in [1.29, 1.82) is 0 Å². The van der Waals surface area contributed by atoms with Gasteiger partial charge in [-0.25, -0.2) is 4.28 Å². The van der Waals surface area contributed by atoms with E-state index < -0.39 is 21.6 Å². The number of carbonyl (C=O) groups is 2. The van der Waals surface area contributed by atoms with Gasteiger partial charge in [0.15, 0.2) is 0 Å². The molecule has 2 atom stereocenters. The third-order valence-corrected chi connectivity index (χ3v) is 5.22. The van der Waals surface area contributed by atoms with Gasteiger partial charge in [-0.2, -0.15) is 5.06 Å². The molecule has 0 amide bonds. The summed E-state index contributed by atoms with van der Waals surface area (Å²) in [5, 5.41) is 1.51. The van der Waals surface area contributed by atoms with Crippen LogP contribution in [-0.2, 0) is 23.3 Å². The van der Waals surface area contributed by atoms with Gasteiger partial charge in [-0.15, -0.1) is 0 Å². The van der Waals surface area contributed by atoms with Gasteiger partial charge in [0.1, 0.15) is 21.9 Å². The third-order valence-electron chi connectivity index (χ3n) is 3.18. The average Bonchev–Trinajstić information content (AvgIpc) is 2.66. The Morgan fingerprint density at radius 1 is 1.00 bits per heavy atom. The van der Waals surface area contributed by atoms with E-state index in [-0.39, 0.29) is 26.3 Å². The van der Waals surface area contributed by atoms with Crippen molar-refractivity contribution in [3.63, 3.8) is 0 Å². The zero-order chi connectivity index (χ0) is 20.2. The van der Waals surface area contributed by atoms with Crippen molar-refractivity contribution >= 4 is 61.7 Å². The van der Waals surface area contributed by atoms with E-state index in [0.29, 0.717) is 0 Å². The van der Waals surface area contributed by atoms with Gasteiger partial charge >= 0.3 is 11.9 Å². The van der Waals surface area contributed by atoms with Crippen molar-refractivity contribution in [3.05, 3.63) is 30.3 Å². The van der Waals surface area contributed by atoms with Crippen molar-refractivity contribution in [2.24, 2.45) is 0 Å². The van der Waals surface area contributed by atoms with Crippen molar-refractivity contribution in [2.75, 3.05) is 37.7 Å². The highest BCUT2D eigenvalue weighted by molar-refractivity contribution is 9.10. The molecule has 10 heteroatoms. The highest BCUT2D eigenvalue weighted by atomic mass is 79.9. The van der Waals surface area contributed by atoms with E-state index in [0.717, 1.165) is 17.9 Å². The van der Waals surface area contributed by atoms with Crippen LogP contribution in [0.2, 0.25) is 0 Å². The first-order chi connectivity index (χ1) is 12.9. The Kier molecular flexibility index (Phi) is 12.0. The van der Waals surface area contributed by atoms with E-state index in [9.17, 15) is 9.59 Å². The Bertz CT molecular complexity index is 556. The van der Waals surface area contributed by atoms with Gasteiger partial charge in [0.25, 0.3) is 0 Å². The number of rotatable bonds is 12. The maximum absolute atomic E-state index is 11.9. The lowest BCUT2D eigenvalue weighted by molar-refractivity contribution is -0.146. The first-order valence-electron chi connectivity index (χ1n) is 8.38. The van der Waals surface area contributed by atoms with E-state index in [1.54, 1.807) is 13.8 Å². The Hall–Kier alpha value is -0.810. The molecular formula is C17H24Br2N2O5S. The van der Waals surface area contributed by atoms with E-state index in [1.165, 1.54) is 5.06 Å². The standard InChI is InChI=1S/C17H24Br2N2O5S/c1-4-24-16(22)14(18)11-21(12-15(19)17(23)25-5-2)26-27-20(3)13-9-7-6-8-10-13/h6-10,14-15H,4-5,11-12H2,1-3H3/t14-,15+. The van der Waals surface area contributed by atoms with Crippen LogP contribution in [0.4, 0.5) is 5.69 Å². The highest BCUT2D eigenvalue weighted by Gasteiger charge is 2.26. The molecule has 1 rings (SSSR count). The zero-order valence-electron chi connectivity index (χ0n) is 15.5. The summed E-state index contributed by atoms with van der Waals surface area (Å²) in [6, 6.07) is 9.67. The number of nitrogens with zero attached hydrogens (tertiary/aromatic N) is 2. The van der Waals surface area contributed by atoms with Gasteiger partial charge in [0.2, 0.25) is 0 Å². The molecule has 0 heterocycles. The Labute approximate surface area is 181 Å². The van der Waals surface area contributed by atoms with Crippen LogP contribution in [0.1, 0.15) is 13.8 Å². The fraction of sp³-hybridized carbons (Fsp3) is 0.529. The first kappa shape index (κ1) is 24.2. The molecule has 27 heavy (non-hydrogen) atoms.